The van der Waals surface area contributed by atoms with Gasteiger partial charge < -0.3 is 10.1 Å². The fourth-order valence-corrected chi connectivity index (χ4v) is 2.41. The van der Waals surface area contributed by atoms with Gasteiger partial charge in [-0.3, -0.25) is 0 Å². The molecule has 1 atom stereocenters. The van der Waals surface area contributed by atoms with Gasteiger partial charge in [0.05, 0.1) is 0 Å². The zero-order chi connectivity index (χ0) is 13.4. The van der Waals surface area contributed by atoms with Crippen molar-refractivity contribution in [1.82, 2.24) is 5.32 Å². The van der Waals surface area contributed by atoms with Crippen molar-refractivity contribution < 1.29 is 4.74 Å². The Morgan fingerprint density at radius 3 is 2.72 bits per heavy atom. The fourth-order valence-electron chi connectivity index (χ4n) is 1.96. The first-order valence-corrected chi connectivity index (χ1v) is 7.38. The molecule has 0 spiro atoms. The van der Waals surface area contributed by atoms with E-state index in [-0.39, 0.29) is 0 Å². The van der Waals surface area contributed by atoms with Crippen molar-refractivity contribution in [3.05, 3.63) is 34.3 Å². The molecule has 2 nitrogen and oxygen atoms in total. The number of ether oxygens (including phenoxy) is 1. The quantitative estimate of drug-likeness (QED) is 0.791. The molecule has 0 amide bonds. The van der Waals surface area contributed by atoms with Gasteiger partial charge >= 0.3 is 0 Å². The molecule has 0 heterocycles. The summed E-state index contributed by atoms with van der Waals surface area (Å²) < 4.78 is 6.36. The number of halogens is 1. The summed E-state index contributed by atoms with van der Waals surface area (Å²) in [6.45, 7) is 6.25. The molecular formula is C15H24BrNO. The summed E-state index contributed by atoms with van der Waals surface area (Å²) in [5.41, 5.74) is 1.39. The lowest BCUT2D eigenvalue weighted by atomic mass is 9.96. The van der Waals surface area contributed by atoms with E-state index >= 15 is 0 Å². The van der Waals surface area contributed by atoms with E-state index in [4.69, 9.17) is 4.74 Å². The molecule has 102 valence electrons. The van der Waals surface area contributed by atoms with E-state index in [0.29, 0.717) is 12.0 Å². The lowest BCUT2D eigenvalue weighted by molar-refractivity contribution is 0.175. The third-order valence-electron chi connectivity index (χ3n) is 2.96. The zero-order valence-corrected chi connectivity index (χ0v) is 13.2. The van der Waals surface area contributed by atoms with E-state index in [1.165, 1.54) is 5.56 Å². The third kappa shape index (κ3) is 6.53. The Morgan fingerprint density at radius 2 is 2.11 bits per heavy atom. The first-order chi connectivity index (χ1) is 8.61. The van der Waals surface area contributed by atoms with Gasteiger partial charge in [0.1, 0.15) is 0 Å². The van der Waals surface area contributed by atoms with Crippen LogP contribution in [0, 0.1) is 5.92 Å². The number of hydrogen-bond acceptors (Lipinski definition) is 2. The van der Waals surface area contributed by atoms with Gasteiger partial charge in [-0.05, 0) is 43.0 Å². The number of benzene rings is 1. The molecule has 0 radical (unpaired) electrons. The average Bonchev–Trinajstić information content (AvgIpc) is 2.32. The summed E-state index contributed by atoms with van der Waals surface area (Å²) >= 11 is 3.53. The summed E-state index contributed by atoms with van der Waals surface area (Å²) in [7, 11) is 1.77. The molecule has 0 aliphatic rings. The van der Waals surface area contributed by atoms with Crippen LogP contribution in [0.5, 0.6) is 0 Å². The van der Waals surface area contributed by atoms with E-state index in [9.17, 15) is 0 Å². The van der Waals surface area contributed by atoms with Crippen molar-refractivity contribution in [3.8, 4) is 0 Å². The van der Waals surface area contributed by atoms with Crippen LogP contribution < -0.4 is 5.32 Å². The molecule has 0 aliphatic carbocycles. The Bertz CT molecular complexity index is 341. The SMILES string of the molecule is COCCC(CNC(C)C)Cc1cccc(Br)c1. The minimum absolute atomic E-state index is 0.539. The Morgan fingerprint density at radius 1 is 1.33 bits per heavy atom. The molecule has 1 rings (SSSR count). The number of rotatable bonds is 8. The van der Waals surface area contributed by atoms with Crippen LogP contribution >= 0.6 is 15.9 Å². The van der Waals surface area contributed by atoms with Crippen molar-refractivity contribution in [3.63, 3.8) is 0 Å². The predicted molar refractivity (Wildman–Crippen MR) is 81.0 cm³/mol. The van der Waals surface area contributed by atoms with E-state index in [2.05, 4.69) is 59.4 Å². The highest BCUT2D eigenvalue weighted by Crippen LogP contribution is 2.17. The number of nitrogens with one attached hydrogen (secondary N) is 1. The Balaban J connectivity index is 2.53. The Labute approximate surface area is 119 Å². The second-order valence-electron chi connectivity index (χ2n) is 5.04. The molecule has 3 heteroatoms. The van der Waals surface area contributed by atoms with Gasteiger partial charge in [-0.25, -0.2) is 0 Å². The number of methoxy groups -OCH3 is 1. The van der Waals surface area contributed by atoms with Crippen molar-refractivity contribution in [2.24, 2.45) is 5.92 Å². The van der Waals surface area contributed by atoms with Crippen LogP contribution in [-0.4, -0.2) is 26.3 Å². The van der Waals surface area contributed by atoms with Gasteiger partial charge in [0, 0.05) is 24.2 Å². The summed E-state index contributed by atoms with van der Waals surface area (Å²) in [6.07, 6.45) is 2.20. The molecular weight excluding hydrogens is 290 g/mol. The lowest BCUT2D eigenvalue weighted by Crippen LogP contribution is -2.30. The highest BCUT2D eigenvalue weighted by molar-refractivity contribution is 9.10. The minimum atomic E-state index is 0.539. The van der Waals surface area contributed by atoms with Crippen LogP contribution in [0.1, 0.15) is 25.8 Å². The molecule has 1 aromatic carbocycles. The summed E-state index contributed by atoms with van der Waals surface area (Å²) in [5.74, 6) is 0.627. The number of hydrogen-bond donors (Lipinski definition) is 1. The topological polar surface area (TPSA) is 21.3 Å². The third-order valence-corrected chi connectivity index (χ3v) is 3.45. The van der Waals surface area contributed by atoms with Crippen LogP contribution in [0.25, 0.3) is 0 Å². The van der Waals surface area contributed by atoms with Crippen molar-refractivity contribution in [1.29, 1.82) is 0 Å². The van der Waals surface area contributed by atoms with Crippen molar-refractivity contribution in [2.75, 3.05) is 20.3 Å². The van der Waals surface area contributed by atoms with Gasteiger partial charge in [0.25, 0.3) is 0 Å². The van der Waals surface area contributed by atoms with Gasteiger partial charge in [-0.2, -0.15) is 0 Å². The molecule has 0 aliphatic heterocycles. The van der Waals surface area contributed by atoms with Crippen LogP contribution in [0.15, 0.2) is 28.7 Å². The molecule has 0 fully saturated rings. The van der Waals surface area contributed by atoms with E-state index in [0.717, 1.165) is 30.5 Å². The molecule has 0 bridgehead atoms. The molecule has 1 N–H and O–H groups in total. The van der Waals surface area contributed by atoms with E-state index < -0.39 is 0 Å². The molecule has 1 unspecified atom stereocenters. The van der Waals surface area contributed by atoms with Gasteiger partial charge in [-0.15, -0.1) is 0 Å². The summed E-state index contributed by atoms with van der Waals surface area (Å²) in [4.78, 5) is 0. The monoisotopic (exact) mass is 313 g/mol. The molecule has 0 saturated carbocycles. The van der Waals surface area contributed by atoms with Crippen LogP contribution in [0.2, 0.25) is 0 Å². The van der Waals surface area contributed by atoms with Crippen LogP contribution in [0.4, 0.5) is 0 Å². The van der Waals surface area contributed by atoms with Crippen molar-refractivity contribution in [2.45, 2.75) is 32.7 Å². The van der Waals surface area contributed by atoms with E-state index in [1.54, 1.807) is 7.11 Å². The normalized spacial score (nSPS) is 12.9. The van der Waals surface area contributed by atoms with Gasteiger partial charge in [0.2, 0.25) is 0 Å². The largest absolute Gasteiger partial charge is 0.385 e. The maximum Gasteiger partial charge on any atom is 0.0465 e. The van der Waals surface area contributed by atoms with Gasteiger partial charge in [-0.1, -0.05) is 41.9 Å². The van der Waals surface area contributed by atoms with E-state index in [1.807, 2.05) is 0 Å². The zero-order valence-electron chi connectivity index (χ0n) is 11.6. The van der Waals surface area contributed by atoms with Crippen molar-refractivity contribution >= 4 is 15.9 Å². The molecule has 18 heavy (non-hydrogen) atoms. The summed E-state index contributed by atoms with van der Waals surface area (Å²) in [5, 5.41) is 3.52. The standard InChI is InChI=1S/C15H24BrNO/c1-12(2)17-11-14(7-8-18-3)9-13-5-4-6-15(16)10-13/h4-6,10,12,14,17H,7-9,11H2,1-3H3. The second-order valence-corrected chi connectivity index (χ2v) is 5.96. The maximum atomic E-state index is 5.20. The minimum Gasteiger partial charge on any atom is -0.385 e. The van der Waals surface area contributed by atoms with Gasteiger partial charge in [0.15, 0.2) is 0 Å². The Hall–Kier alpha value is -0.380. The van der Waals surface area contributed by atoms with Crippen LogP contribution in [-0.2, 0) is 11.2 Å². The molecule has 1 aromatic rings. The smallest absolute Gasteiger partial charge is 0.0465 e. The first kappa shape index (κ1) is 15.7. The molecule has 0 aromatic heterocycles. The molecule has 0 saturated heterocycles. The average molecular weight is 314 g/mol. The summed E-state index contributed by atoms with van der Waals surface area (Å²) in [6, 6.07) is 9.11. The maximum absolute atomic E-state index is 5.20. The highest BCUT2D eigenvalue weighted by Gasteiger charge is 2.10. The second kappa shape index (κ2) is 8.68. The predicted octanol–water partition coefficient (Wildman–Crippen LogP) is 3.64. The Kier molecular flexibility index (Phi) is 7.56. The fraction of sp³-hybridized carbons (Fsp3) is 0.600. The highest BCUT2D eigenvalue weighted by atomic mass is 79.9. The first-order valence-electron chi connectivity index (χ1n) is 6.58. The lowest BCUT2D eigenvalue weighted by Gasteiger charge is -2.19. The van der Waals surface area contributed by atoms with Crippen LogP contribution in [0.3, 0.4) is 0 Å².